The Morgan fingerprint density at radius 1 is 1.15 bits per heavy atom. The van der Waals surface area contributed by atoms with Gasteiger partial charge >= 0.3 is 23.3 Å². The Labute approximate surface area is 313 Å². The molecule has 0 saturated carbocycles. The van der Waals surface area contributed by atoms with E-state index in [4.69, 9.17) is 31.9 Å². The molecule has 2 aliphatic rings. The van der Waals surface area contributed by atoms with Gasteiger partial charge in [0.25, 0.3) is 11.8 Å². The molecule has 1 aromatic carbocycles. The van der Waals surface area contributed by atoms with Crippen LogP contribution in [0.25, 0.3) is 5.69 Å². The van der Waals surface area contributed by atoms with Gasteiger partial charge in [0.15, 0.2) is 10.8 Å². The lowest BCUT2D eigenvalue weighted by Crippen LogP contribution is -2.71. The maximum Gasteiger partial charge on any atom is 0.430 e. The number of fused-ring (bicyclic) bond motifs is 1. The maximum absolute atomic E-state index is 13.3. The molecule has 19 nitrogen and oxygen atoms in total. The first-order chi connectivity index (χ1) is 25.1. The number of nitrogens with zero attached hydrogens (tertiary/aromatic N) is 5. The molecule has 2 amide bonds. The van der Waals surface area contributed by atoms with Gasteiger partial charge in [-0.25, -0.2) is 14.6 Å². The van der Waals surface area contributed by atoms with Gasteiger partial charge in [0.2, 0.25) is 17.2 Å². The number of thiazole rings is 1. The van der Waals surface area contributed by atoms with Gasteiger partial charge in [-0.2, -0.15) is 17.7 Å². The number of aliphatic carboxylic acids is 3. The van der Waals surface area contributed by atoms with Crippen molar-refractivity contribution in [1.29, 1.82) is 0 Å². The van der Waals surface area contributed by atoms with Gasteiger partial charge in [0.1, 0.15) is 40.2 Å². The molecular weight excluding hydrogens is 788 g/mol. The zero-order valence-corrected chi connectivity index (χ0v) is 30.0. The second-order valence-corrected chi connectivity index (χ2v) is 14.3. The molecule has 2 aromatic heterocycles. The Bertz CT molecular complexity index is 2060. The Kier molecular flexibility index (Phi) is 12.2. The molecule has 3 aromatic rings. The number of β-lactam (4-membered cyclic amide) rings is 1. The van der Waals surface area contributed by atoms with Crippen LogP contribution in [0, 0.1) is 0 Å². The summed E-state index contributed by atoms with van der Waals surface area (Å²) in [5.41, 5.74) is 16.4. The molecule has 0 aliphatic carbocycles. The van der Waals surface area contributed by atoms with Crippen LogP contribution in [0.2, 0.25) is 0 Å². The first-order valence-corrected chi connectivity index (χ1v) is 17.6. The average Bonchev–Trinajstić information content (AvgIpc) is 3.51. The first-order valence-electron chi connectivity index (χ1n) is 14.7. The highest BCUT2D eigenvalue weighted by atomic mass is 32.2. The van der Waals surface area contributed by atoms with E-state index in [9.17, 15) is 47.7 Å². The lowest BCUT2D eigenvalue weighted by atomic mass is 10.0. The molecule has 0 bridgehead atoms. The smallest absolute Gasteiger partial charge is 0.430 e. The summed E-state index contributed by atoms with van der Waals surface area (Å²) in [5, 5.41) is 45.4. The molecule has 54 heavy (non-hydrogen) atoms. The first kappa shape index (κ1) is 40.9. The molecule has 2 atom stereocenters. The fraction of sp³-hybridized carbons (Fsp3) is 0.276. The number of hydrogen-bond acceptors (Lipinski definition) is 17. The van der Waals surface area contributed by atoms with Crippen molar-refractivity contribution in [2.45, 2.75) is 42.2 Å². The molecule has 2 unspecified atom stereocenters. The number of anilines is 3. The summed E-state index contributed by atoms with van der Waals surface area (Å²) >= 11 is 3.40. The quantitative estimate of drug-likeness (QED) is 0.0326. The number of carboxylic acid groups (broad SMARTS) is 3. The predicted octanol–water partition coefficient (Wildman–Crippen LogP) is -0.320. The fourth-order valence-corrected chi connectivity index (χ4v) is 7.51. The lowest BCUT2D eigenvalue weighted by Gasteiger charge is -2.49. The number of amides is 2. The standard InChI is InChI=1S/C27H27N9O8S3.C2HF3O2/c1-27(2,24(42)43)44-34-17(14-10-46-25(30)31-14)20(38)33-18-21(39)36-19(23(40)41)11(8-45-22(18)36)9-47-26-32-15(28)7-16(29)35(26)12-3-5-13(37)6-4-12;3-2(4,5)1(6)7/h3-7,10,18,22H,8-9H2,1-2H3,(H9,28,29,30,31,33,37,38,40,41,42,43);(H,6,7)/b34-17-;. The van der Waals surface area contributed by atoms with Gasteiger partial charge in [-0.1, -0.05) is 10.1 Å². The van der Waals surface area contributed by atoms with Gasteiger partial charge in [0.05, 0.1) is 6.07 Å². The number of oxime groups is 1. The number of nitrogens with two attached hydrogens (primary N) is 3. The number of benzene rings is 1. The van der Waals surface area contributed by atoms with Crippen LogP contribution in [0.3, 0.4) is 0 Å². The van der Waals surface area contributed by atoms with Crippen molar-refractivity contribution < 1.29 is 67.0 Å². The van der Waals surface area contributed by atoms with Crippen LogP contribution in [0.5, 0.6) is 5.75 Å². The van der Waals surface area contributed by atoms with E-state index in [0.717, 1.165) is 28.0 Å². The Morgan fingerprint density at radius 3 is 2.31 bits per heavy atom. The number of carbonyl (C=O) groups excluding carboxylic acids is 3. The molecule has 1 fully saturated rings. The SMILES string of the molecule is CC(C)(O/N=C(\C(=O)NC1C(=O)N2C(C(=O)O)=C(CSc3nc(N)cc(N)[n+]3-c3ccc(O)cc3)CSC12)c1csc(N)n1)C(=O)O.O=C([O-])C(F)(F)F. The molecular formula is C29H28F3N9O10S3. The molecule has 2 aliphatic heterocycles. The summed E-state index contributed by atoms with van der Waals surface area (Å²) in [4.78, 5) is 74.0. The van der Waals surface area contributed by atoms with Crippen molar-refractivity contribution in [2.75, 3.05) is 28.7 Å². The zero-order chi connectivity index (χ0) is 40.3. The largest absolute Gasteiger partial charge is 0.542 e. The van der Waals surface area contributed by atoms with Crippen LogP contribution >= 0.6 is 34.9 Å². The van der Waals surface area contributed by atoms with E-state index in [0.29, 0.717) is 16.4 Å². The molecule has 5 rings (SSSR count). The fourth-order valence-electron chi connectivity index (χ4n) is 4.43. The summed E-state index contributed by atoms with van der Waals surface area (Å²) in [6.07, 6.45) is -5.19. The normalized spacial score (nSPS) is 17.1. The number of halogens is 3. The highest BCUT2D eigenvalue weighted by molar-refractivity contribution is 8.01. The molecule has 1 saturated heterocycles. The summed E-state index contributed by atoms with van der Waals surface area (Å²) in [6.45, 7) is 2.46. The molecule has 10 N–H and O–H groups in total. The van der Waals surface area contributed by atoms with Crippen LogP contribution in [-0.4, -0.2) is 100 Å². The predicted molar refractivity (Wildman–Crippen MR) is 184 cm³/mol. The van der Waals surface area contributed by atoms with Crippen molar-refractivity contribution >= 4 is 87.1 Å². The number of aromatic nitrogens is 3. The van der Waals surface area contributed by atoms with E-state index in [2.05, 4.69) is 20.4 Å². The molecule has 288 valence electrons. The van der Waals surface area contributed by atoms with Crippen LogP contribution < -0.4 is 32.2 Å². The molecule has 25 heteroatoms. The van der Waals surface area contributed by atoms with Crippen LogP contribution in [0.1, 0.15) is 19.5 Å². The third kappa shape index (κ3) is 9.21. The van der Waals surface area contributed by atoms with Crippen molar-refractivity contribution in [3.05, 3.63) is 52.7 Å². The Morgan fingerprint density at radius 2 is 1.78 bits per heavy atom. The third-order valence-electron chi connectivity index (χ3n) is 7.08. The van der Waals surface area contributed by atoms with Gasteiger partial charge in [-0.15, -0.1) is 23.1 Å². The second kappa shape index (κ2) is 16.0. The topological polar surface area (TPSA) is 314 Å². The van der Waals surface area contributed by atoms with Crippen LogP contribution in [0.15, 0.2) is 57.3 Å². The number of thioether (sulfide) groups is 2. The lowest BCUT2D eigenvalue weighted by molar-refractivity contribution is -0.626. The summed E-state index contributed by atoms with van der Waals surface area (Å²) in [7, 11) is 0. The van der Waals surface area contributed by atoms with Crippen molar-refractivity contribution in [1.82, 2.24) is 20.2 Å². The highest BCUT2D eigenvalue weighted by Crippen LogP contribution is 2.41. The van der Waals surface area contributed by atoms with Crippen molar-refractivity contribution in [3.8, 4) is 11.4 Å². The number of phenolic OH excluding ortho intramolecular Hbond substituents is 1. The van der Waals surface area contributed by atoms with E-state index in [-0.39, 0.29) is 45.4 Å². The van der Waals surface area contributed by atoms with E-state index in [1.165, 1.54) is 49.2 Å². The van der Waals surface area contributed by atoms with Crippen LogP contribution in [-0.2, 0) is 28.8 Å². The average molecular weight is 816 g/mol. The minimum Gasteiger partial charge on any atom is -0.542 e. The number of phenols is 1. The van der Waals surface area contributed by atoms with Crippen molar-refractivity contribution in [3.63, 3.8) is 0 Å². The van der Waals surface area contributed by atoms with Gasteiger partial charge in [-0.3, -0.25) is 14.5 Å². The number of carbonyl (C=O) groups is 5. The number of alkyl halides is 3. The van der Waals surface area contributed by atoms with E-state index >= 15 is 0 Å². The summed E-state index contributed by atoms with van der Waals surface area (Å²) in [5.74, 6) is -6.50. The number of aromatic hydroxyl groups is 1. The number of hydrogen-bond donors (Lipinski definition) is 7. The minimum atomic E-state index is -5.19. The second-order valence-electron chi connectivity index (χ2n) is 11.4. The molecule has 0 spiro atoms. The minimum absolute atomic E-state index is 0.00288. The number of rotatable bonds is 11. The van der Waals surface area contributed by atoms with Gasteiger partial charge in [0, 0.05) is 16.9 Å². The number of nitrogens with one attached hydrogen (secondary N) is 1. The van der Waals surface area contributed by atoms with Gasteiger partial charge < -0.3 is 52.6 Å². The Hall–Kier alpha value is -5.82. The van der Waals surface area contributed by atoms with Crippen LogP contribution in [0.4, 0.5) is 29.9 Å². The molecule has 0 radical (unpaired) electrons. The summed E-state index contributed by atoms with van der Waals surface area (Å²) < 4.78 is 33.1. The number of carboxylic acids is 3. The highest BCUT2D eigenvalue weighted by Gasteiger charge is 2.54. The number of nitrogen functional groups attached to an aromatic ring is 3. The van der Waals surface area contributed by atoms with E-state index in [1.807, 2.05) is 0 Å². The molecule has 4 heterocycles. The van der Waals surface area contributed by atoms with Gasteiger partial charge in [-0.05, 0) is 55.4 Å². The third-order valence-corrected chi connectivity index (χ3v) is 10.1. The maximum atomic E-state index is 13.3. The van der Waals surface area contributed by atoms with E-state index in [1.54, 1.807) is 16.7 Å². The zero-order valence-electron chi connectivity index (χ0n) is 27.6. The monoisotopic (exact) mass is 815 g/mol. The van der Waals surface area contributed by atoms with E-state index < -0.39 is 58.6 Å². The van der Waals surface area contributed by atoms with Crippen molar-refractivity contribution in [2.24, 2.45) is 5.16 Å². The Balaban J connectivity index is 0.000000845. The summed E-state index contributed by atoms with van der Waals surface area (Å²) in [6, 6.07) is 6.55.